The minimum absolute atomic E-state index is 0.0189. The zero-order chi connectivity index (χ0) is 27.4. The fourth-order valence-corrected chi connectivity index (χ4v) is 6.31. The lowest BCUT2D eigenvalue weighted by Gasteiger charge is -2.23. The van der Waals surface area contributed by atoms with Gasteiger partial charge < -0.3 is 19.3 Å². The van der Waals surface area contributed by atoms with E-state index in [2.05, 4.69) is 4.98 Å². The predicted octanol–water partition coefficient (Wildman–Crippen LogP) is 5.57. The second-order valence-corrected chi connectivity index (χ2v) is 10.7. The number of methoxy groups -OCH3 is 2. The fourth-order valence-electron chi connectivity index (χ4n) is 5.22. The van der Waals surface area contributed by atoms with E-state index < -0.39 is 17.7 Å². The topological polar surface area (TPSA) is 98.2 Å². The summed E-state index contributed by atoms with van der Waals surface area (Å²) in [4.78, 5) is 33.3. The monoisotopic (exact) mass is 542 g/mol. The van der Waals surface area contributed by atoms with E-state index in [1.165, 1.54) is 30.5 Å². The molecule has 198 valence electrons. The zero-order valence-corrected chi connectivity index (χ0v) is 22.7. The zero-order valence-electron chi connectivity index (χ0n) is 21.8. The van der Waals surface area contributed by atoms with Crippen LogP contribution in [-0.2, 0) is 16.0 Å². The summed E-state index contributed by atoms with van der Waals surface area (Å²) >= 11 is 1.32. The molecule has 2 aliphatic rings. The number of amides is 1. The minimum atomic E-state index is -0.935. The Morgan fingerprint density at radius 1 is 1.05 bits per heavy atom. The Labute approximate surface area is 229 Å². The van der Waals surface area contributed by atoms with Gasteiger partial charge >= 0.3 is 5.91 Å². The van der Waals surface area contributed by atoms with Gasteiger partial charge in [0.15, 0.2) is 16.6 Å². The smallest absolute Gasteiger partial charge is 0.301 e. The van der Waals surface area contributed by atoms with Crippen molar-refractivity contribution < 1.29 is 28.9 Å². The first kappa shape index (κ1) is 24.9. The number of benzene rings is 3. The Kier molecular flexibility index (Phi) is 6.03. The number of thiazole rings is 1. The Hall–Kier alpha value is -4.37. The number of carbonyl (C=O) groups excluding carboxylic acids is 2. The third-order valence-corrected chi connectivity index (χ3v) is 8.09. The molecule has 0 bridgehead atoms. The molecule has 3 aromatic carbocycles. The van der Waals surface area contributed by atoms with Gasteiger partial charge in [0, 0.05) is 12.0 Å². The largest absolute Gasteiger partial charge is 0.507 e. The van der Waals surface area contributed by atoms with Crippen molar-refractivity contribution in [3.8, 4) is 17.2 Å². The quantitative estimate of drug-likeness (QED) is 0.200. The average molecular weight is 543 g/mol. The van der Waals surface area contributed by atoms with Crippen molar-refractivity contribution in [1.82, 2.24) is 4.98 Å². The molecule has 2 aliphatic heterocycles. The van der Waals surface area contributed by atoms with Crippen LogP contribution in [0.15, 0.2) is 60.2 Å². The molecule has 1 amide bonds. The number of aliphatic hydroxyl groups excluding tert-OH is 1. The summed E-state index contributed by atoms with van der Waals surface area (Å²) in [5.74, 6) is -0.112. The van der Waals surface area contributed by atoms with Crippen LogP contribution in [0.25, 0.3) is 16.0 Å². The highest BCUT2D eigenvalue weighted by molar-refractivity contribution is 7.22. The maximum atomic E-state index is 13.6. The van der Waals surface area contributed by atoms with E-state index in [-0.39, 0.29) is 17.4 Å². The van der Waals surface area contributed by atoms with E-state index in [0.717, 1.165) is 27.1 Å². The molecule has 0 saturated carbocycles. The highest BCUT2D eigenvalue weighted by atomic mass is 32.1. The lowest BCUT2D eigenvalue weighted by atomic mass is 9.94. The van der Waals surface area contributed by atoms with Gasteiger partial charge in [-0.25, -0.2) is 4.98 Å². The summed E-state index contributed by atoms with van der Waals surface area (Å²) in [6.07, 6.45) is 0.715. The molecule has 1 saturated heterocycles. The van der Waals surface area contributed by atoms with Crippen LogP contribution in [0.4, 0.5) is 5.13 Å². The molecule has 8 nitrogen and oxygen atoms in total. The minimum Gasteiger partial charge on any atom is -0.507 e. The normalized spacial score (nSPS) is 19.8. The van der Waals surface area contributed by atoms with Crippen LogP contribution in [0.1, 0.15) is 35.2 Å². The summed E-state index contributed by atoms with van der Waals surface area (Å²) in [5.41, 5.74) is 3.71. The van der Waals surface area contributed by atoms with Crippen molar-refractivity contribution in [3.63, 3.8) is 0 Å². The van der Waals surface area contributed by atoms with Crippen molar-refractivity contribution in [1.29, 1.82) is 0 Å². The first-order chi connectivity index (χ1) is 18.8. The molecular formula is C30H26N2O6S. The molecule has 4 aromatic rings. The van der Waals surface area contributed by atoms with E-state index >= 15 is 0 Å². The number of aromatic nitrogens is 1. The molecule has 1 fully saturated rings. The Morgan fingerprint density at radius 2 is 1.85 bits per heavy atom. The van der Waals surface area contributed by atoms with Crippen LogP contribution in [0.3, 0.4) is 0 Å². The first-order valence-corrected chi connectivity index (χ1v) is 13.3. The summed E-state index contributed by atoms with van der Waals surface area (Å²) in [6.45, 7) is 3.96. The van der Waals surface area contributed by atoms with E-state index in [9.17, 15) is 14.7 Å². The maximum absolute atomic E-state index is 13.6. The highest BCUT2D eigenvalue weighted by Crippen LogP contribution is 2.46. The van der Waals surface area contributed by atoms with Crippen LogP contribution < -0.4 is 19.1 Å². The molecule has 1 N–H and O–H groups in total. The van der Waals surface area contributed by atoms with Gasteiger partial charge in [-0.3, -0.25) is 14.5 Å². The Bertz CT molecular complexity index is 1690. The second-order valence-electron chi connectivity index (χ2n) is 9.71. The summed E-state index contributed by atoms with van der Waals surface area (Å²) < 4.78 is 17.6. The Balaban J connectivity index is 1.55. The molecule has 1 aromatic heterocycles. The van der Waals surface area contributed by atoms with Gasteiger partial charge in [0.1, 0.15) is 17.6 Å². The number of Topliss-reactive ketones (excluding diaryl/α,β-unsaturated/α-hetero) is 1. The van der Waals surface area contributed by atoms with Crippen LogP contribution >= 0.6 is 11.3 Å². The number of nitrogens with zero attached hydrogens (tertiary/aromatic N) is 2. The lowest BCUT2D eigenvalue weighted by molar-refractivity contribution is -0.132. The number of anilines is 1. The number of hydrogen-bond donors (Lipinski definition) is 1. The number of hydrogen-bond acceptors (Lipinski definition) is 8. The van der Waals surface area contributed by atoms with E-state index in [0.29, 0.717) is 34.2 Å². The van der Waals surface area contributed by atoms with Crippen molar-refractivity contribution >= 4 is 44.1 Å². The fraction of sp³-hybridized carbons (Fsp3) is 0.233. The van der Waals surface area contributed by atoms with Crippen molar-refractivity contribution in [3.05, 3.63) is 82.4 Å². The third-order valence-electron chi connectivity index (χ3n) is 7.08. The number of ketones is 1. The second kappa shape index (κ2) is 9.43. The summed E-state index contributed by atoms with van der Waals surface area (Å²) in [6, 6.07) is 15.4. The molecule has 0 spiro atoms. The molecule has 0 unspecified atom stereocenters. The number of fused-ring (bicyclic) bond motifs is 2. The predicted molar refractivity (Wildman–Crippen MR) is 149 cm³/mol. The van der Waals surface area contributed by atoms with Gasteiger partial charge in [0.2, 0.25) is 0 Å². The van der Waals surface area contributed by atoms with Crippen LogP contribution in [-0.4, -0.2) is 42.1 Å². The van der Waals surface area contributed by atoms with Gasteiger partial charge in [0.25, 0.3) is 5.78 Å². The van der Waals surface area contributed by atoms with E-state index in [4.69, 9.17) is 14.2 Å². The summed E-state index contributed by atoms with van der Waals surface area (Å²) in [5, 5.41) is 11.9. The molecule has 2 atom stereocenters. The highest BCUT2D eigenvalue weighted by Gasteiger charge is 2.48. The number of aliphatic hydroxyl groups is 1. The number of rotatable bonds is 5. The molecular weight excluding hydrogens is 516 g/mol. The SMILES string of the molecule is COc1ccc([C@@H]2/C(=C(\O)c3ccc4c(c3)C[C@H](C)O4)C(=O)C(=O)N2c2nc3ccc(C)cc3s2)cc1OC. The molecule has 6 rings (SSSR count). The molecule has 0 radical (unpaired) electrons. The molecule has 39 heavy (non-hydrogen) atoms. The number of ether oxygens (including phenoxy) is 3. The Morgan fingerprint density at radius 3 is 2.62 bits per heavy atom. The third kappa shape index (κ3) is 4.10. The number of carbonyl (C=O) groups is 2. The molecule has 9 heteroatoms. The van der Waals surface area contributed by atoms with Gasteiger partial charge in [-0.15, -0.1) is 0 Å². The van der Waals surface area contributed by atoms with Gasteiger partial charge in [-0.1, -0.05) is 23.5 Å². The van der Waals surface area contributed by atoms with Crippen molar-refractivity contribution in [2.75, 3.05) is 19.1 Å². The van der Waals surface area contributed by atoms with Crippen molar-refractivity contribution in [2.24, 2.45) is 0 Å². The van der Waals surface area contributed by atoms with Crippen LogP contribution in [0.2, 0.25) is 0 Å². The standard InChI is InChI=1S/C30H26N2O6S/c1-15-5-8-20-24(11-15)39-30(31-20)32-26(17-6-10-22(36-3)23(14-17)37-4)25(28(34)29(32)35)27(33)18-7-9-21-19(13-18)12-16(2)38-21/h5-11,13-14,16,26,33H,12H2,1-4H3/b27-25+/t16-,26+/m0/s1. The van der Waals surface area contributed by atoms with Crippen LogP contribution in [0, 0.1) is 6.92 Å². The van der Waals surface area contributed by atoms with Crippen molar-refractivity contribution in [2.45, 2.75) is 32.4 Å². The van der Waals surface area contributed by atoms with Gasteiger partial charge in [-0.05, 0) is 73.0 Å². The van der Waals surface area contributed by atoms with Gasteiger partial charge in [0.05, 0.1) is 36.1 Å². The maximum Gasteiger partial charge on any atom is 0.301 e. The van der Waals surface area contributed by atoms with E-state index in [1.54, 1.807) is 30.3 Å². The average Bonchev–Trinajstić information content (AvgIpc) is 3.59. The summed E-state index contributed by atoms with van der Waals surface area (Å²) in [7, 11) is 3.05. The van der Waals surface area contributed by atoms with Gasteiger partial charge in [-0.2, -0.15) is 0 Å². The first-order valence-electron chi connectivity index (χ1n) is 12.5. The molecule has 0 aliphatic carbocycles. The number of aryl methyl sites for hydroxylation is 1. The molecule has 3 heterocycles. The lowest BCUT2D eigenvalue weighted by Crippen LogP contribution is -2.29. The van der Waals surface area contributed by atoms with Crippen LogP contribution in [0.5, 0.6) is 17.2 Å². The van der Waals surface area contributed by atoms with E-state index in [1.807, 2.05) is 38.1 Å².